The zero-order valence-electron chi connectivity index (χ0n) is 6.32. The van der Waals surface area contributed by atoms with Crippen LogP contribution >= 0.6 is 0 Å². The number of rotatable bonds is 1. The molecule has 3 nitrogen and oxygen atoms in total. The molecule has 2 aliphatic heterocycles. The number of fused-ring (bicyclic) bond motifs is 2. The van der Waals surface area contributed by atoms with Crippen LogP contribution in [0.4, 0.5) is 0 Å². The molecular weight excluding hydrogens is 144 g/mol. The van der Waals surface area contributed by atoms with Crippen molar-refractivity contribution in [3.63, 3.8) is 0 Å². The highest BCUT2D eigenvalue weighted by Gasteiger charge is 2.46. The maximum Gasteiger partial charge on any atom is 0.190 e. The van der Waals surface area contributed by atoms with Crippen molar-refractivity contribution >= 4 is 0 Å². The van der Waals surface area contributed by atoms with Gasteiger partial charge in [-0.2, -0.15) is 0 Å². The Labute approximate surface area is 65.6 Å². The average Bonchev–Trinajstić information content (AvgIpc) is 2.44. The highest BCUT2D eigenvalue weighted by Crippen LogP contribution is 2.35. The maximum atomic E-state index is 9.80. The molecule has 1 N–H and O–H groups in total. The summed E-state index contributed by atoms with van der Waals surface area (Å²) in [4.78, 5) is 0. The molecule has 0 aromatic heterocycles. The van der Waals surface area contributed by atoms with Crippen LogP contribution in [0.25, 0.3) is 0 Å². The van der Waals surface area contributed by atoms with E-state index in [4.69, 9.17) is 9.47 Å². The van der Waals surface area contributed by atoms with Gasteiger partial charge < -0.3 is 14.6 Å². The molecule has 2 fully saturated rings. The Morgan fingerprint density at radius 2 is 2.45 bits per heavy atom. The smallest absolute Gasteiger partial charge is 0.190 e. The minimum absolute atomic E-state index is 0.195. The molecule has 2 aliphatic rings. The van der Waals surface area contributed by atoms with Gasteiger partial charge in [0.2, 0.25) is 0 Å². The van der Waals surface area contributed by atoms with Crippen LogP contribution in [0.3, 0.4) is 0 Å². The highest BCUT2D eigenvalue weighted by atomic mass is 16.7. The molecule has 3 heteroatoms. The second kappa shape index (κ2) is 2.30. The molecule has 2 heterocycles. The molecule has 0 aromatic rings. The Morgan fingerprint density at radius 1 is 1.64 bits per heavy atom. The molecule has 62 valence electrons. The summed E-state index contributed by atoms with van der Waals surface area (Å²) in [5, 5.41) is 9.80. The summed E-state index contributed by atoms with van der Waals surface area (Å²) in [6.07, 6.45) is 2.79. The quantitative estimate of drug-likeness (QED) is 0.560. The minimum Gasteiger partial charge on any atom is -0.380 e. The van der Waals surface area contributed by atoms with Crippen molar-refractivity contribution in [3.05, 3.63) is 12.7 Å². The number of hydrogen-bond acceptors (Lipinski definition) is 3. The average molecular weight is 156 g/mol. The minimum atomic E-state index is -0.951. The van der Waals surface area contributed by atoms with Crippen molar-refractivity contribution in [2.24, 2.45) is 0 Å². The monoisotopic (exact) mass is 156 g/mol. The highest BCUT2D eigenvalue weighted by molar-refractivity contribution is 5.03. The van der Waals surface area contributed by atoms with Gasteiger partial charge in [0, 0.05) is 0 Å². The first kappa shape index (κ1) is 7.28. The van der Waals surface area contributed by atoms with Crippen LogP contribution in [0.2, 0.25) is 0 Å². The lowest BCUT2D eigenvalue weighted by Crippen LogP contribution is -2.44. The second-order valence-electron chi connectivity index (χ2n) is 3.16. The Bertz CT molecular complexity index is 180. The molecule has 0 aliphatic carbocycles. The van der Waals surface area contributed by atoms with E-state index in [1.165, 1.54) is 6.08 Å². The van der Waals surface area contributed by atoms with Gasteiger partial charge in [0.25, 0.3) is 0 Å². The summed E-state index contributed by atoms with van der Waals surface area (Å²) in [5.41, 5.74) is -0.951. The van der Waals surface area contributed by atoms with E-state index in [0.29, 0.717) is 13.0 Å². The molecule has 0 unspecified atom stereocenters. The largest absolute Gasteiger partial charge is 0.380 e. The molecule has 0 amide bonds. The first-order valence-electron chi connectivity index (χ1n) is 3.88. The first-order valence-corrected chi connectivity index (χ1v) is 3.88. The van der Waals surface area contributed by atoms with Gasteiger partial charge in [0.05, 0.1) is 12.7 Å². The zero-order valence-corrected chi connectivity index (χ0v) is 6.32. The lowest BCUT2D eigenvalue weighted by Gasteiger charge is -2.33. The van der Waals surface area contributed by atoms with Crippen LogP contribution in [-0.2, 0) is 9.47 Å². The van der Waals surface area contributed by atoms with Gasteiger partial charge in [-0.05, 0) is 12.8 Å². The lowest BCUT2D eigenvalue weighted by atomic mass is 9.94. The van der Waals surface area contributed by atoms with Crippen molar-refractivity contribution < 1.29 is 14.6 Å². The van der Waals surface area contributed by atoms with E-state index >= 15 is 0 Å². The van der Waals surface area contributed by atoms with Crippen molar-refractivity contribution in [2.45, 2.75) is 30.8 Å². The van der Waals surface area contributed by atoms with Gasteiger partial charge in [-0.15, -0.1) is 6.58 Å². The normalized spacial score (nSPS) is 49.2. The topological polar surface area (TPSA) is 38.7 Å². The van der Waals surface area contributed by atoms with Gasteiger partial charge >= 0.3 is 0 Å². The van der Waals surface area contributed by atoms with E-state index in [9.17, 15) is 5.11 Å². The molecular formula is C8H12O3. The number of ether oxygens (including phenoxy) is 2. The van der Waals surface area contributed by atoms with Crippen LogP contribution in [0, 0.1) is 0 Å². The Morgan fingerprint density at radius 3 is 3.18 bits per heavy atom. The molecule has 3 atom stereocenters. The van der Waals surface area contributed by atoms with Crippen molar-refractivity contribution in [1.82, 2.24) is 0 Å². The van der Waals surface area contributed by atoms with Crippen LogP contribution in [0.15, 0.2) is 12.7 Å². The Hall–Kier alpha value is -0.380. The number of aliphatic hydroxyl groups is 1. The van der Waals surface area contributed by atoms with E-state index in [1.54, 1.807) is 0 Å². The van der Waals surface area contributed by atoms with Crippen molar-refractivity contribution in [2.75, 3.05) is 6.61 Å². The third-order valence-corrected chi connectivity index (χ3v) is 2.38. The molecule has 2 rings (SSSR count). The van der Waals surface area contributed by atoms with E-state index in [-0.39, 0.29) is 6.10 Å². The van der Waals surface area contributed by atoms with Crippen LogP contribution in [0.5, 0.6) is 0 Å². The van der Waals surface area contributed by atoms with Gasteiger partial charge in [-0.3, -0.25) is 0 Å². The molecule has 11 heavy (non-hydrogen) atoms. The predicted octanol–water partition coefficient (Wildman–Crippen LogP) is 0.439. The third-order valence-electron chi connectivity index (χ3n) is 2.38. The summed E-state index contributed by atoms with van der Waals surface area (Å²) in [6.45, 7) is 4.17. The maximum absolute atomic E-state index is 9.80. The summed E-state index contributed by atoms with van der Waals surface area (Å²) < 4.78 is 10.6. The van der Waals surface area contributed by atoms with Crippen molar-refractivity contribution in [1.29, 1.82) is 0 Å². The van der Waals surface area contributed by atoms with Crippen LogP contribution in [-0.4, -0.2) is 29.7 Å². The van der Waals surface area contributed by atoms with E-state index in [1.807, 2.05) is 0 Å². The summed E-state index contributed by atoms with van der Waals surface area (Å²) >= 11 is 0. The summed E-state index contributed by atoms with van der Waals surface area (Å²) in [5.74, 6) is 0. The molecule has 0 radical (unpaired) electrons. The zero-order chi connectivity index (χ0) is 7.90. The van der Waals surface area contributed by atoms with Gasteiger partial charge in [-0.1, -0.05) is 6.08 Å². The fourth-order valence-electron chi connectivity index (χ4n) is 1.57. The summed E-state index contributed by atoms with van der Waals surface area (Å²) in [6, 6.07) is 0. The Balaban J connectivity index is 2.18. The van der Waals surface area contributed by atoms with Gasteiger partial charge in [0.1, 0.15) is 5.60 Å². The van der Waals surface area contributed by atoms with E-state index in [2.05, 4.69) is 6.58 Å². The number of hydrogen-bond donors (Lipinski definition) is 1. The molecule has 0 aromatic carbocycles. The molecule has 0 spiro atoms. The SMILES string of the molecule is C=C[C@]1(O)CC[C@@H]2CO[C@@H]1O2. The van der Waals surface area contributed by atoms with Crippen molar-refractivity contribution in [3.8, 4) is 0 Å². The standard InChI is InChI=1S/C8H12O3/c1-2-8(9)4-3-6-5-10-7(8)11-6/h2,6-7,9H,1,3-5H2/t6-,7-,8+/m1/s1. The van der Waals surface area contributed by atoms with Crippen LogP contribution < -0.4 is 0 Å². The fourth-order valence-corrected chi connectivity index (χ4v) is 1.57. The van der Waals surface area contributed by atoms with E-state index < -0.39 is 11.9 Å². The van der Waals surface area contributed by atoms with Gasteiger partial charge in [0.15, 0.2) is 6.29 Å². The Kier molecular flexibility index (Phi) is 1.52. The molecule has 2 bridgehead atoms. The van der Waals surface area contributed by atoms with Gasteiger partial charge in [-0.25, -0.2) is 0 Å². The first-order chi connectivity index (χ1) is 5.24. The predicted molar refractivity (Wildman–Crippen MR) is 39.0 cm³/mol. The molecule has 2 saturated heterocycles. The fraction of sp³-hybridized carbons (Fsp3) is 0.750. The van der Waals surface area contributed by atoms with Crippen LogP contribution in [0.1, 0.15) is 12.8 Å². The van der Waals surface area contributed by atoms with E-state index in [0.717, 1.165) is 6.42 Å². The molecule has 0 saturated carbocycles. The lowest BCUT2D eigenvalue weighted by molar-refractivity contribution is -0.189. The summed E-state index contributed by atoms with van der Waals surface area (Å²) in [7, 11) is 0. The third kappa shape index (κ3) is 1.00. The second-order valence-corrected chi connectivity index (χ2v) is 3.16.